The number of thiophene rings is 1. The Morgan fingerprint density at radius 2 is 2.00 bits per heavy atom. The Labute approximate surface area is 153 Å². The van der Waals surface area contributed by atoms with Crippen LogP contribution in [-0.4, -0.2) is 36.6 Å². The van der Waals surface area contributed by atoms with Crippen LogP contribution in [0.25, 0.3) is 0 Å². The second kappa shape index (κ2) is 9.79. The highest BCUT2D eigenvalue weighted by Crippen LogP contribution is 2.20. The molecule has 0 atom stereocenters. The molecule has 2 aromatic heterocycles. The normalized spacial score (nSPS) is 12.4. The van der Waals surface area contributed by atoms with Gasteiger partial charge in [-0.25, -0.2) is 0 Å². The van der Waals surface area contributed by atoms with Gasteiger partial charge in [0.15, 0.2) is 5.96 Å². The summed E-state index contributed by atoms with van der Waals surface area (Å²) in [7, 11) is 0. The van der Waals surface area contributed by atoms with Crippen molar-refractivity contribution in [3.8, 4) is 0 Å². The zero-order valence-corrected chi connectivity index (χ0v) is 16.3. The number of hydrogen-bond donors (Lipinski definition) is 2. The van der Waals surface area contributed by atoms with Crippen LogP contribution < -0.4 is 10.6 Å². The molecule has 0 aliphatic carbocycles. The Morgan fingerprint density at radius 1 is 1.21 bits per heavy atom. The molecule has 0 radical (unpaired) electrons. The lowest BCUT2D eigenvalue weighted by molar-refractivity contribution is 0.506. The lowest BCUT2D eigenvalue weighted by Crippen LogP contribution is -2.40. The zero-order valence-electron chi connectivity index (χ0n) is 14.7. The number of aliphatic imine (C=N–C) groups is 1. The van der Waals surface area contributed by atoms with Crippen molar-refractivity contribution in [2.75, 3.05) is 25.9 Å². The fourth-order valence-corrected chi connectivity index (χ4v) is 2.93. The molecule has 0 amide bonds. The first-order chi connectivity index (χ1) is 11.6. The highest BCUT2D eigenvalue weighted by Gasteiger charge is 2.15. The smallest absolute Gasteiger partial charge is 0.191 e. The summed E-state index contributed by atoms with van der Waals surface area (Å²) in [5.41, 5.74) is 0. The first-order valence-corrected chi connectivity index (χ1v) is 10.3. The lowest BCUT2D eigenvalue weighted by Gasteiger charge is -2.20. The Balaban J connectivity index is 1.83. The van der Waals surface area contributed by atoms with E-state index in [9.17, 15) is 0 Å². The van der Waals surface area contributed by atoms with Crippen LogP contribution in [0.2, 0.25) is 0 Å². The third kappa shape index (κ3) is 7.01. The second-order valence-electron chi connectivity index (χ2n) is 6.14. The number of thioether (sulfide) groups is 1. The average molecular weight is 366 g/mol. The summed E-state index contributed by atoms with van der Waals surface area (Å²) in [6.07, 6.45) is 5.71. The average Bonchev–Trinajstić information content (AvgIpc) is 3.26. The van der Waals surface area contributed by atoms with Gasteiger partial charge in [-0.2, -0.15) is 11.8 Å². The highest BCUT2D eigenvalue weighted by molar-refractivity contribution is 7.99. The molecule has 0 aliphatic heterocycles. The van der Waals surface area contributed by atoms with Crippen molar-refractivity contribution in [1.82, 2.24) is 10.6 Å². The first kappa shape index (κ1) is 18.9. The summed E-state index contributed by atoms with van der Waals surface area (Å²) >= 11 is 3.63. The van der Waals surface area contributed by atoms with E-state index in [2.05, 4.69) is 48.2 Å². The fourth-order valence-electron chi connectivity index (χ4n) is 2.03. The molecular weight excluding hydrogens is 338 g/mol. The molecule has 0 fully saturated rings. The van der Waals surface area contributed by atoms with Gasteiger partial charge in [0.1, 0.15) is 5.76 Å². The van der Waals surface area contributed by atoms with E-state index in [4.69, 9.17) is 9.41 Å². The van der Waals surface area contributed by atoms with Crippen LogP contribution in [0, 0.1) is 0 Å². The molecule has 0 unspecified atom stereocenters. The minimum atomic E-state index is 0.142. The monoisotopic (exact) mass is 365 g/mol. The molecule has 0 spiro atoms. The second-order valence-corrected chi connectivity index (χ2v) is 8.69. The van der Waals surface area contributed by atoms with E-state index in [1.807, 2.05) is 23.9 Å². The topological polar surface area (TPSA) is 49.6 Å². The Hall–Kier alpha value is -1.40. The molecule has 4 nitrogen and oxygen atoms in total. The van der Waals surface area contributed by atoms with Crippen molar-refractivity contribution < 1.29 is 4.42 Å². The van der Waals surface area contributed by atoms with E-state index in [-0.39, 0.29) is 4.75 Å². The van der Waals surface area contributed by atoms with Crippen LogP contribution >= 0.6 is 23.1 Å². The van der Waals surface area contributed by atoms with Gasteiger partial charge in [-0.15, -0.1) is 11.3 Å². The number of hydrogen-bond acceptors (Lipinski definition) is 4. The molecule has 2 rings (SSSR count). The lowest BCUT2D eigenvalue weighted by atomic mass is 10.2. The SMILES string of the molecule is CSC(C)(C)CN=C(NCCc1ccco1)NCCc1cccs1. The number of furan rings is 1. The Kier molecular flexibility index (Phi) is 7.72. The van der Waals surface area contributed by atoms with Gasteiger partial charge in [0.2, 0.25) is 0 Å². The van der Waals surface area contributed by atoms with Crippen molar-refractivity contribution in [3.63, 3.8) is 0 Å². The largest absolute Gasteiger partial charge is 0.469 e. The maximum Gasteiger partial charge on any atom is 0.191 e. The quantitative estimate of drug-likeness (QED) is 0.524. The number of guanidine groups is 1. The van der Waals surface area contributed by atoms with Crippen molar-refractivity contribution in [2.45, 2.75) is 31.4 Å². The molecule has 24 heavy (non-hydrogen) atoms. The molecular formula is C18H27N3OS2. The number of rotatable bonds is 9. The molecule has 0 saturated heterocycles. The third-order valence-electron chi connectivity index (χ3n) is 3.66. The maximum atomic E-state index is 5.37. The third-order valence-corrected chi connectivity index (χ3v) is 5.83. The van der Waals surface area contributed by atoms with Gasteiger partial charge in [-0.1, -0.05) is 6.07 Å². The summed E-state index contributed by atoms with van der Waals surface area (Å²) in [4.78, 5) is 6.14. The number of nitrogens with zero attached hydrogens (tertiary/aromatic N) is 1. The van der Waals surface area contributed by atoms with Gasteiger partial charge in [-0.3, -0.25) is 4.99 Å². The predicted octanol–water partition coefficient (Wildman–Crippen LogP) is 3.80. The molecule has 132 valence electrons. The van der Waals surface area contributed by atoms with Gasteiger partial charge in [0, 0.05) is 29.1 Å². The van der Waals surface area contributed by atoms with Crippen LogP contribution in [0.1, 0.15) is 24.5 Å². The minimum absolute atomic E-state index is 0.142. The summed E-state index contributed by atoms with van der Waals surface area (Å²) in [6.45, 7) is 6.90. The van der Waals surface area contributed by atoms with Crippen LogP contribution in [0.5, 0.6) is 0 Å². The summed E-state index contributed by atoms with van der Waals surface area (Å²) in [5, 5.41) is 8.97. The van der Waals surface area contributed by atoms with E-state index in [0.717, 1.165) is 44.2 Å². The van der Waals surface area contributed by atoms with Crippen molar-refractivity contribution in [3.05, 3.63) is 46.5 Å². The molecule has 2 aromatic rings. The van der Waals surface area contributed by atoms with E-state index in [0.29, 0.717) is 0 Å². The summed E-state index contributed by atoms with van der Waals surface area (Å²) in [6, 6.07) is 8.19. The molecule has 2 heterocycles. The van der Waals surface area contributed by atoms with Crippen LogP contribution in [0.3, 0.4) is 0 Å². The van der Waals surface area contributed by atoms with Gasteiger partial charge < -0.3 is 15.1 Å². The molecule has 0 aromatic carbocycles. The van der Waals surface area contributed by atoms with Gasteiger partial charge in [0.05, 0.1) is 12.8 Å². The maximum absolute atomic E-state index is 5.37. The van der Waals surface area contributed by atoms with E-state index in [1.54, 1.807) is 17.6 Å². The predicted molar refractivity (Wildman–Crippen MR) is 106 cm³/mol. The minimum Gasteiger partial charge on any atom is -0.469 e. The van der Waals surface area contributed by atoms with Gasteiger partial charge >= 0.3 is 0 Å². The number of nitrogens with one attached hydrogen (secondary N) is 2. The molecule has 6 heteroatoms. The summed E-state index contributed by atoms with van der Waals surface area (Å²) < 4.78 is 5.52. The Bertz CT molecular complexity index is 550. The van der Waals surface area contributed by atoms with Crippen LogP contribution in [-0.2, 0) is 12.8 Å². The van der Waals surface area contributed by atoms with Crippen molar-refractivity contribution in [1.29, 1.82) is 0 Å². The van der Waals surface area contributed by atoms with Crippen LogP contribution in [0.15, 0.2) is 45.3 Å². The van der Waals surface area contributed by atoms with Crippen molar-refractivity contribution in [2.24, 2.45) is 4.99 Å². The van der Waals surface area contributed by atoms with Crippen molar-refractivity contribution >= 4 is 29.1 Å². The molecule has 0 aliphatic rings. The molecule has 2 N–H and O–H groups in total. The van der Waals surface area contributed by atoms with Crippen LogP contribution in [0.4, 0.5) is 0 Å². The standard InChI is InChI=1S/C18H27N3OS2/c1-18(2,23-3)14-21-17(19-10-8-15-6-4-12-22-15)20-11-9-16-7-5-13-24-16/h4-7,12-13H,8-11,14H2,1-3H3,(H2,19,20,21). The van der Waals surface area contributed by atoms with Gasteiger partial charge in [0.25, 0.3) is 0 Å². The Morgan fingerprint density at radius 3 is 2.62 bits per heavy atom. The molecule has 0 saturated carbocycles. The van der Waals surface area contributed by atoms with E-state index >= 15 is 0 Å². The first-order valence-electron chi connectivity index (χ1n) is 8.21. The zero-order chi connectivity index (χ0) is 17.3. The molecule has 0 bridgehead atoms. The van der Waals surface area contributed by atoms with E-state index < -0.39 is 0 Å². The van der Waals surface area contributed by atoms with E-state index in [1.165, 1.54) is 4.88 Å². The summed E-state index contributed by atoms with van der Waals surface area (Å²) in [5.74, 6) is 1.87. The highest BCUT2D eigenvalue weighted by atomic mass is 32.2. The fraction of sp³-hybridized carbons (Fsp3) is 0.500. The van der Waals surface area contributed by atoms with Gasteiger partial charge in [-0.05, 0) is 50.1 Å².